The molecule has 4 N–H and O–H groups in total. The van der Waals surface area contributed by atoms with E-state index in [1.54, 1.807) is 13.0 Å². The molecule has 0 radical (unpaired) electrons. The van der Waals surface area contributed by atoms with Gasteiger partial charge in [0.2, 0.25) is 0 Å². The first-order valence-corrected chi connectivity index (χ1v) is 12.1. The van der Waals surface area contributed by atoms with Gasteiger partial charge >= 0.3 is 6.18 Å². The molecule has 0 aliphatic rings. The molecule has 204 valence electrons. The number of hydrogen-bond donors (Lipinski definition) is 3. The minimum Gasteiger partial charge on any atom is -0.383 e. The summed E-state index contributed by atoms with van der Waals surface area (Å²) in [5.41, 5.74) is 9.12. The van der Waals surface area contributed by atoms with E-state index in [0.29, 0.717) is 11.5 Å². The van der Waals surface area contributed by atoms with Crippen molar-refractivity contribution in [1.29, 1.82) is 0 Å². The van der Waals surface area contributed by atoms with Crippen molar-refractivity contribution in [1.82, 2.24) is 24.5 Å². The van der Waals surface area contributed by atoms with Crippen LogP contribution in [0.5, 0.6) is 0 Å². The van der Waals surface area contributed by atoms with E-state index in [1.807, 2.05) is 42.1 Å². The Morgan fingerprint density at radius 3 is 2.48 bits per heavy atom. The van der Waals surface area contributed by atoms with Gasteiger partial charge in [-0.05, 0) is 36.2 Å². The van der Waals surface area contributed by atoms with Gasteiger partial charge in [0.05, 0.1) is 17.1 Å². The van der Waals surface area contributed by atoms with E-state index < -0.39 is 17.6 Å². The molecule has 0 spiro atoms. The maximum atomic E-state index is 13.5. The Bertz CT molecular complexity index is 1690. The lowest BCUT2D eigenvalue weighted by molar-refractivity contribution is -0.137. The fourth-order valence-electron chi connectivity index (χ4n) is 4.29. The molecule has 0 amide bonds. The highest BCUT2D eigenvalue weighted by molar-refractivity contribution is 6.00. The summed E-state index contributed by atoms with van der Waals surface area (Å²) in [5, 5.41) is 6.85. The van der Waals surface area contributed by atoms with Crippen LogP contribution in [-0.2, 0) is 19.8 Å². The molecule has 0 atom stereocenters. The molecular formula is C28H24F4N8. The molecule has 4 aromatic heterocycles. The van der Waals surface area contributed by atoms with E-state index in [1.165, 1.54) is 18.5 Å². The highest BCUT2D eigenvalue weighted by atomic mass is 19.4. The predicted octanol–water partition coefficient (Wildman–Crippen LogP) is 6.25. The molecule has 0 fully saturated rings. The second kappa shape index (κ2) is 10.6. The van der Waals surface area contributed by atoms with Crippen molar-refractivity contribution in [3.8, 4) is 11.1 Å². The minimum atomic E-state index is -4.58. The number of pyridine rings is 2. The number of fused-ring (bicyclic) bond motifs is 1. The SMILES string of the molecule is C/C=C(/Nc1ccc(F)cn1)c1cc(C(F)(F)F)cnc1NCc1ccc(-c2cn(C)c3ncnc(N)c23)cc1. The highest BCUT2D eigenvalue weighted by Crippen LogP contribution is 2.34. The summed E-state index contributed by atoms with van der Waals surface area (Å²) < 4.78 is 55.7. The summed E-state index contributed by atoms with van der Waals surface area (Å²) in [4.78, 5) is 16.4. The third-order valence-corrected chi connectivity index (χ3v) is 6.29. The van der Waals surface area contributed by atoms with Crippen LogP contribution in [-0.4, -0.2) is 24.5 Å². The fourth-order valence-corrected chi connectivity index (χ4v) is 4.29. The van der Waals surface area contributed by atoms with Crippen LogP contribution in [0.25, 0.3) is 27.9 Å². The van der Waals surface area contributed by atoms with Gasteiger partial charge in [-0.1, -0.05) is 30.3 Å². The molecule has 5 aromatic rings. The van der Waals surface area contributed by atoms with E-state index in [4.69, 9.17) is 5.73 Å². The first-order valence-electron chi connectivity index (χ1n) is 12.1. The van der Waals surface area contributed by atoms with Gasteiger partial charge in [0.1, 0.15) is 35.2 Å². The summed E-state index contributed by atoms with van der Waals surface area (Å²) >= 11 is 0. The second-order valence-corrected chi connectivity index (χ2v) is 8.97. The number of hydrogen-bond acceptors (Lipinski definition) is 7. The summed E-state index contributed by atoms with van der Waals surface area (Å²) in [6, 6.07) is 11.3. The third kappa shape index (κ3) is 5.41. The largest absolute Gasteiger partial charge is 0.417 e. The van der Waals surface area contributed by atoms with Crippen LogP contribution in [0.4, 0.5) is 35.0 Å². The van der Waals surface area contributed by atoms with Crippen LogP contribution in [0.3, 0.4) is 0 Å². The number of anilines is 3. The van der Waals surface area contributed by atoms with Crippen molar-refractivity contribution in [2.45, 2.75) is 19.6 Å². The van der Waals surface area contributed by atoms with E-state index >= 15 is 0 Å². The summed E-state index contributed by atoms with van der Waals surface area (Å²) in [5.74, 6) is 0.363. The normalized spacial score (nSPS) is 12.1. The Balaban J connectivity index is 1.41. The number of nitrogens with zero attached hydrogens (tertiary/aromatic N) is 5. The molecule has 4 heterocycles. The molecule has 0 saturated carbocycles. The Morgan fingerprint density at radius 2 is 1.80 bits per heavy atom. The number of benzene rings is 1. The standard InChI is InChI=1S/C28H24F4N8/c1-3-22(39-23-9-8-19(29)13-34-23)20-10-18(28(30,31)32)12-36-26(20)35-11-16-4-6-17(7-5-16)21-14-40(2)27-24(21)25(33)37-15-38-27/h3-10,12-15H,11H2,1-2H3,(H,34,39)(H,35,36)(H2,33,37,38)/b22-3+. The van der Waals surface area contributed by atoms with Crippen molar-refractivity contribution < 1.29 is 17.6 Å². The topological polar surface area (TPSA) is 107 Å². The number of rotatable bonds is 7. The average Bonchev–Trinajstić information content (AvgIpc) is 3.29. The smallest absolute Gasteiger partial charge is 0.383 e. The van der Waals surface area contributed by atoms with Crippen LogP contribution in [0.15, 0.2) is 73.5 Å². The van der Waals surface area contributed by atoms with Gasteiger partial charge in [-0.25, -0.2) is 24.3 Å². The number of nitrogens with one attached hydrogen (secondary N) is 2. The molecule has 0 bridgehead atoms. The Morgan fingerprint density at radius 1 is 1.02 bits per heavy atom. The van der Waals surface area contributed by atoms with Crippen molar-refractivity contribution in [2.75, 3.05) is 16.4 Å². The molecule has 1 aromatic carbocycles. The molecule has 8 nitrogen and oxygen atoms in total. The molecule has 0 aliphatic carbocycles. The zero-order valence-electron chi connectivity index (χ0n) is 21.5. The molecule has 40 heavy (non-hydrogen) atoms. The average molecular weight is 549 g/mol. The Hall–Kier alpha value is -5.00. The van der Waals surface area contributed by atoms with E-state index in [9.17, 15) is 17.6 Å². The first-order chi connectivity index (χ1) is 19.1. The van der Waals surface area contributed by atoms with Gasteiger partial charge in [0.25, 0.3) is 0 Å². The lowest BCUT2D eigenvalue weighted by Crippen LogP contribution is -2.12. The van der Waals surface area contributed by atoms with Crippen molar-refractivity contribution in [2.24, 2.45) is 7.05 Å². The number of nitrogens with two attached hydrogens (primary N) is 1. The number of allylic oxidation sites excluding steroid dienone is 1. The minimum absolute atomic E-state index is 0.186. The number of aromatic nitrogens is 5. The molecule has 5 rings (SSSR count). The molecule has 12 heteroatoms. The van der Waals surface area contributed by atoms with Crippen LogP contribution in [0, 0.1) is 5.82 Å². The fraction of sp³-hybridized carbons (Fsp3) is 0.143. The maximum absolute atomic E-state index is 13.5. The predicted molar refractivity (Wildman–Crippen MR) is 146 cm³/mol. The lowest BCUT2D eigenvalue weighted by atomic mass is 10.0. The van der Waals surface area contributed by atoms with Crippen LogP contribution >= 0.6 is 0 Å². The first kappa shape index (κ1) is 26.6. The summed E-state index contributed by atoms with van der Waals surface area (Å²) in [7, 11) is 1.88. The van der Waals surface area contributed by atoms with Gasteiger partial charge in [-0.3, -0.25) is 0 Å². The van der Waals surface area contributed by atoms with E-state index in [0.717, 1.165) is 46.2 Å². The van der Waals surface area contributed by atoms with Crippen LogP contribution in [0.2, 0.25) is 0 Å². The van der Waals surface area contributed by atoms with Gasteiger partial charge in [-0.15, -0.1) is 0 Å². The van der Waals surface area contributed by atoms with Crippen LogP contribution in [0.1, 0.15) is 23.6 Å². The molecular weight excluding hydrogens is 524 g/mol. The number of halogens is 4. The quantitative estimate of drug-likeness (QED) is 0.206. The van der Waals surface area contributed by atoms with Gasteiger partial charge in [0, 0.05) is 42.8 Å². The van der Waals surface area contributed by atoms with Crippen LogP contribution < -0.4 is 16.4 Å². The van der Waals surface area contributed by atoms with E-state index in [2.05, 4.69) is 30.6 Å². The second-order valence-electron chi connectivity index (χ2n) is 8.97. The summed E-state index contributed by atoms with van der Waals surface area (Å²) in [6.45, 7) is 1.96. The molecule has 0 aliphatic heterocycles. The number of nitrogen functional groups attached to an aromatic ring is 1. The monoisotopic (exact) mass is 548 g/mol. The highest BCUT2D eigenvalue weighted by Gasteiger charge is 2.32. The van der Waals surface area contributed by atoms with Gasteiger partial charge in [-0.2, -0.15) is 13.2 Å². The molecule has 0 saturated heterocycles. The molecule has 0 unspecified atom stereocenters. The number of alkyl halides is 3. The van der Waals surface area contributed by atoms with E-state index in [-0.39, 0.29) is 23.7 Å². The lowest BCUT2D eigenvalue weighted by Gasteiger charge is -2.17. The number of aryl methyl sites for hydroxylation is 1. The Labute approximate surface area is 226 Å². The van der Waals surface area contributed by atoms with Gasteiger partial charge in [0.15, 0.2) is 0 Å². The van der Waals surface area contributed by atoms with Crippen molar-refractivity contribution in [3.05, 3.63) is 96.0 Å². The maximum Gasteiger partial charge on any atom is 0.417 e. The van der Waals surface area contributed by atoms with Crippen molar-refractivity contribution in [3.63, 3.8) is 0 Å². The zero-order chi connectivity index (χ0) is 28.4. The van der Waals surface area contributed by atoms with Gasteiger partial charge < -0.3 is 20.9 Å². The zero-order valence-corrected chi connectivity index (χ0v) is 21.5. The third-order valence-electron chi connectivity index (χ3n) is 6.29. The summed E-state index contributed by atoms with van der Waals surface area (Å²) in [6.07, 6.45) is 2.17. The van der Waals surface area contributed by atoms with Crippen molar-refractivity contribution >= 4 is 34.2 Å². The Kier molecular flexibility index (Phi) is 7.07.